The molecule has 0 radical (unpaired) electrons. The van der Waals surface area contributed by atoms with Crippen LogP contribution in [-0.2, 0) is 0 Å². The Morgan fingerprint density at radius 1 is 1.70 bits per heavy atom. The minimum atomic E-state index is -0.0845. The van der Waals surface area contributed by atoms with E-state index in [2.05, 4.69) is 9.97 Å². The second kappa shape index (κ2) is 2.64. The SMILES string of the molecule is CC(C)c1nccc(=O)[nH]1.[HH]. The largest absolute Gasteiger partial charge is 0.310 e. The highest BCUT2D eigenvalue weighted by atomic mass is 16.1. The first-order chi connectivity index (χ1) is 4.70. The number of aromatic nitrogens is 2. The Morgan fingerprint density at radius 3 is 2.80 bits per heavy atom. The zero-order valence-electron chi connectivity index (χ0n) is 6.09. The molecule has 3 nitrogen and oxygen atoms in total. The summed E-state index contributed by atoms with van der Waals surface area (Å²) in [6.45, 7) is 3.97. The molecule has 1 N–H and O–H groups in total. The van der Waals surface area contributed by atoms with Gasteiger partial charge in [-0.1, -0.05) is 13.8 Å². The number of rotatable bonds is 1. The summed E-state index contributed by atoms with van der Waals surface area (Å²) < 4.78 is 0. The smallest absolute Gasteiger partial charge is 0.250 e. The van der Waals surface area contributed by atoms with E-state index in [9.17, 15) is 4.79 Å². The molecule has 0 aliphatic rings. The molecule has 3 heteroatoms. The first kappa shape index (κ1) is 6.99. The number of nitrogens with zero attached hydrogens (tertiary/aromatic N) is 1. The maximum absolute atomic E-state index is 10.7. The number of nitrogens with one attached hydrogen (secondary N) is 1. The van der Waals surface area contributed by atoms with Gasteiger partial charge in [0.2, 0.25) is 0 Å². The highest BCUT2D eigenvalue weighted by Crippen LogP contribution is 2.03. The fourth-order valence-electron chi connectivity index (χ4n) is 0.679. The molecular weight excluding hydrogens is 128 g/mol. The Balaban J connectivity index is 0.000001000. The van der Waals surface area contributed by atoms with Gasteiger partial charge in [-0.3, -0.25) is 4.79 Å². The Hall–Kier alpha value is -1.12. The standard InChI is InChI=1S/C7H10N2O.H2/c1-5(2)7-8-4-3-6(10)9-7;/h3-5H,1-2H3,(H,8,9,10);1H. The molecule has 1 aromatic heterocycles. The van der Waals surface area contributed by atoms with Crippen molar-refractivity contribution in [3.63, 3.8) is 0 Å². The molecular formula is C7H12N2O. The van der Waals surface area contributed by atoms with Gasteiger partial charge in [0.05, 0.1) is 0 Å². The molecule has 0 saturated heterocycles. The molecule has 56 valence electrons. The van der Waals surface area contributed by atoms with E-state index in [4.69, 9.17) is 0 Å². The molecule has 0 saturated carbocycles. The molecule has 0 bridgehead atoms. The van der Waals surface area contributed by atoms with E-state index in [0.717, 1.165) is 5.82 Å². The number of hydrogen-bond donors (Lipinski definition) is 1. The summed E-state index contributed by atoms with van der Waals surface area (Å²) in [5, 5.41) is 0. The number of aromatic amines is 1. The molecule has 0 aromatic carbocycles. The van der Waals surface area contributed by atoms with Gasteiger partial charge >= 0.3 is 0 Å². The number of hydrogen-bond acceptors (Lipinski definition) is 2. The molecule has 0 aliphatic carbocycles. The summed E-state index contributed by atoms with van der Waals surface area (Å²) in [6.07, 6.45) is 1.52. The van der Waals surface area contributed by atoms with Crippen LogP contribution in [0.4, 0.5) is 0 Å². The Bertz CT molecular complexity index is 269. The highest BCUT2D eigenvalue weighted by Gasteiger charge is 1.98. The fraction of sp³-hybridized carbons (Fsp3) is 0.429. The lowest BCUT2D eigenvalue weighted by molar-refractivity contribution is 0.766. The van der Waals surface area contributed by atoms with Crippen molar-refractivity contribution in [1.82, 2.24) is 9.97 Å². The molecule has 1 aromatic rings. The summed E-state index contributed by atoms with van der Waals surface area (Å²) in [6, 6.07) is 1.41. The van der Waals surface area contributed by atoms with E-state index in [1.165, 1.54) is 12.3 Å². The Morgan fingerprint density at radius 2 is 2.40 bits per heavy atom. The summed E-state index contributed by atoms with van der Waals surface area (Å²) in [5.41, 5.74) is -0.0845. The maximum atomic E-state index is 10.7. The van der Waals surface area contributed by atoms with Gasteiger partial charge in [-0.2, -0.15) is 0 Å². The average molecular weight is 140 g/mol. The molecule has 0 amide bonds. The molecule has 0 spiro atoms. The van der Waals surface area contributed by atoms with Crippen LogP contribution in [0.2, 0.25) is 0 Å². The van der Waals surface area contributed by atoms with Gasteiger partial charge in [0, 0.05) is 19.6 Å². The van der Waals surface area contributed by atoms with Crippen LogP contribution >= 0.6 is 0 Å². The van der Waals surface area contributed by atoms with Crippen molar-refractivity contribution in [2.45, 2.75) is 19.8 Å². The van der Waals surface area contributed by atoms with Gasteiger partial charge in [0.15, 0.2) is 0 Å². The van der Waals surface area contributed by atoms with Gasteiger partial charge < -0.3 is 4.98 Å². The molecule has 0 unspecified atom stereocenters. The van der Waals surface area contributed by atoms with E-state index in [1.54, 1.807) is 0 Å². The van der Waals surface area contributed by atoms with Gasteiger partial charge in [0.25, 0.3) is 5.56 Å². The van der Waals surface area contributed by atoms with Crippen LogP contribution in [0.1, 0.15) is 27.0 Å². The second-order valence-corrected chi connectivity index (χ2v) is 2.47. The second-order valence-electron chi connectivity index (χ2n) is 2.47. The van der Waals surface area contributed by atoms with E-state index >= 15 is 0 Å². The normalized spacial score (nSPS) is 10.3. The van der Waals surface area contributed by atoms with Crippen molar-refractivity contribution in [3.05, 3.63) is 28.4 Å². The molecule has 1 rings (SSSR count). The van der Waals surface area contributed by atoms with E-state index < -0.39 is 0 Å². The Labute approximate surface area is 60.6 Å². The summed E-state index contributed by atoms with van der Waals surface area (Å²) in [7, 11) is 0. The van der Waals surface area contributed by atoms with E-state index in [0.29, 0.717) is 0 Å². The molecule has 10 heavy (non-hydrogen) atoms. The average Bonchev–Trinajstić information content (AvgIpc) is 1.88. The van der Waals surface area contributed by atoms with Crippen LogP contribution in [0.15, 0.2) is 17.1 Å². The summed E-state index contributed by atoms with van der Waals surface area (Å²) in [4.78, 5) is 17.3. The van der Waals surface area contributed by atoms with Crippen LogP contribution in [0.5, 0.6) is 0 Å². The fourth-order valence-corrected chi connectivity index (χ4v) is 0.679. The molecule has 0 atom stereocenters. The van der Waals surface area contributed by atoms with Gasteiger partial charge in [-0.15, -0.1) is 0 Å². The third kappa shape index (κ3) is 1.43. The third-order valence-electron chi connectivity index (χ3n) is 1.24. The van der Waals surface area contributed by atoms with Crippen LogP contribution in [0.3, 0.4) is 0 Å². The molecule has 0 aliphatic heterocycles. The lowest BCUT2D eigenvalue weighted by Crippen LogP contribution is -2.09. The van der Waals surface area contributed by atoms with Crippen LogP contribution < -0.4 is 5.56 Å². The van der Waals surface area contributed by atoms with Crippen molar-refractivity contribution in [2.75, 3.05) is 0 Å². The van der Waals surface area contributed by atoms with Crippen LogP contribution in [0.25, 0.3) is 0 Å². The predicted molar refractivity (Wildman–Crippen MR) is 41.1 cm³/mol. The van der Waals surface area contributed by atoms with Crippen LogP contribution in [-0.4, -0.2) is 9.97 Å². The predicted octanol–water partition coefficient (Wildman–Crippen LogP) is 1.14. The molecule has 0 fully saturated rings. The zero-order valence-corrected chi connectivity index (χ0v) is 6.09. The summed E-state index contributed by atoms with van der Waals surface area (Å²) in [5.74, 6) is 1.03. The first-order valence-electron chi connectivity index (χ1n) is 3.25. The lowest BCUT2D eigenvalue weighted by Gasteiger charge is -2.00. The Kier molecular flexibility index (Phi) is 1.85. The van der Waals surface area contributed by atoms with Gasteiger partial charge in [-0.25, -0.2) is 4.98 Å². The van der Waals surface area contributed by atoms with Gasteiger partial charge in [0.1, 0.15) is 5.82 Å². The van der Waals surface area contributed by atoms with Crippen molar-refractivity contribution >= 4 is 0 Å². The summed E-state index contributed by atoms with van der Waals surface area (Å²) >= 11 is 0. The first-order valence-corrected chi connectivity index (χ1v) is 3.25. The molecule has 1 heterocycles. The van der Waals surface area contributed by atoms with Crippen LogP contribution in [0, 0.1) is 0 Å². The van der Waals surface area contributed by atoms with Crippen molar-refractivity contribution in [3.8, 4) is 0 Å². The lowest BCUT2D eigenvalue weighted by atomic mass is 10.2. The quantitative estimate of drug-likeness (QED) is 0.635. The van der Waals surface area contributed by atoms with Crippen molar-refractivity contribution < 1.29 is 1.43 Å². The number of H-pyrrole nitrogens is 1. The van der Waals surface area contributed by atoms with Crippen molar-refractivity contribution in [2.24, 2.45) is 0 Å². The minimum Gasteiger partial charge on any atom is -0.310 e. The minimum absolute atomic E-state index is 0. The van der Waals surface area contributed by atoms with E-state index in [1.807, 2.05) is 13.8 Å². The van der Waals surface area contributed by atoms with Crippen molar-refractivity contribution in [1.29, 1.82) is 0 Å². The van der Waals surface area contributed by atoms with Gasteiger partial charge in [-0.05, 0) is 0 Å². The maximum Gasteiger partial charge on any atom is 0.250 e. The monoisotopic (exact) mass is 140 g/mol. The topological polar surface area (TPSA) is 45.8 Å². The van der Waals surface area contributed by atoms with E-state index in [-0.39, 0.29) is 12.9 Å². The highest BCUT2D eigenvalue weighted by molar-refractivity contribution is 4.93. The zero-order chi connectivity index (χ0) is 7.56. The third-order valence-corrected chi connectivity index (χ3v) is 1.24.